The lowest BCUT2D eigenvalue weighted by molar-refractivity contribution is -0.147. The highest BCUT2D eigenvalue weighted by molar-refractivity contribution is 5.89. The number of hydrogen-bond donors (Lipinski definition) is 4. The topological polar surface area (TPSA) is 153 Å². The van der Waals surface area contributed by atoms with Gasteiger partial charge in [0, 0.05) is 6.54 Å². The van der Waals surface area contributed by atoms with E-state index in [1.165, 1.54) is 5.01 Å². The minimum Gasteiger partial charge on any atom is -0.289 e. The van der Waals surface area contributed by atoms with Crippen LogP contribution in [0.4, 0.5) is 0 Å². The van der Waals surface area contributed by atoms with E-state index in [2.05, 4.69) is 26.0 Å². The van der Waals surface area contributed by atoms with Crippen molar-refractivity contribution < 1.29 is 19.6 Å². The van der Waals surface area contributed by atoms with Crippen LogP contribution >= 0.6 is 12.4 Å². The van der Waals surface area contributed by atoms with E-state index in [4.69, 9.17) is 0 Å². The molecule has 0 radical (unpaired) electrons. The minimum atomic E-state index is -0.837. The van der Waals surface area contributed by atoms with Crippen molar-refractivity contribution >= 4 is 36.2 Å². The zero-order chi connectivity index (χ0) is 25.8. The Labute approximate surface area is 217 Å². The van der Waals surface area contributed by atoms with Gasteiger partial charge in [0.05, 0.1) is 18.3 Å². The molecule has 1 heterocycles. The molecule has 2 aromatic rings. The number of aromatic amines is 1. The van der Waals surface area contributed by atoms with E-state index in [-0.39, 0.29) is 49.5 Å². The van der Waals surface area contributed by atoms with E-state index < -0.39 is 29.6 Å². The van der Waals surface area contributed by atoms with Gasteiger partial charge in [-0.15, -0.1) is 22.6 Å². The van der Waals surface area contributed by atoms with Gasteiger partial charge in [-0.25, -0.2) is 5.48 Å². The van der Waals surface area contributed by atoms with E-state index in [1.54, 1.807) is 5.48 Å². The van der Waals surface area contributed by atoms with Gasteiger partial charge in [0.2, 0.25) is 17.7 Å². The lowest BCUT2D eigenvalue weighted by atomic mass is 9.82. The Morgan fingerprint density at radius 1 is 1.06 bits per heavy atom. The quantitative estimate of drug-likeness (QED) is 0.247. The molecule has 4 N–H and O–H groups in total. The Balaban J connectivity index is 0.00000648. The summed E-state index contributed by atoms with van der Waals surface area (Å²) in [5.74, 6) is -2.78. The van der Waals surface area contributed by atoms with Gasteiger partial charge in [0.15, 0.2) is 5.82 Å². The second-order valence-corrected chi connectivity index (χ2v) is 9.25. The van der Waals surface area contributed by atoms with E-state index in [1.807, 2.05) is 70.2 Å². The van der Waals surface area contributed by atoms with Gasteiger partial charge in [-0.1, -0.05) is 75.4 Å². The van der Waals surface area contributed by atoms with Gasteiger partial charge in [0.1, 0.15) is 0 Å². The zero-order valence-corrected chi connectivity index (χ0v) is 21.9. The van der Waals surface area contributed by atoms with Crippen molar-refractivity contribution in [2.45, 2.75) is 47.0 Å². The molecule has 2 atom stereocenters. The number of hydrazine groups is 1. The van der Waals surface area contributed by atoms with Crippen LogP contribution < -0.4 is 10.9 Å². The highest BCUT2D eigenvalue weighted by Gasteiger charge is 2.35. The van der Waals surface area contributed by atoms with Gasteiger partial charge < -0.3 is 0 Å². The molecule has 0 saturated carbocycles. The molecule has 1 aromatic carbocycles. The van der Waals surface area contributed by atoms with Gasteiger partial charge in [0.25, 0.3) is 0 Å². The van der Waals surface area contributed by atoms with Crippen LogP contribution in [0.2, 0.25) is 0 Å². The largest absolute Gasteiger partial charge is 0.289 e. The van der Waals surface area contributed by atoms with Crippen LogP contribution in [0.1, 0.15) is 51.9 Å². The summed E-state index contributed by atoms with van der Waals surface area (Å²) in [4.78, 5) is 38.9. The average molecular weight is 522 g/mol. The fourth-order valence-electron chi connectivity index (χ4n) is 3.69. The molecule has 0 unspecified atom stereocenters. The van der Waals surface area contributed by atoms with Crippen LogP contribution in [-0.2, 0) is 20.8 Å². The summed E-state index contributed by atoms with van der Waals surface area (Å²) in [7, 11) is 0. The number of hydrogen-bond acceptors (Lipinski definition) is 7. The first-order valence-electron chi connectivity index (χ1n) is 11.7. The van der Waals surface area contributed by atoms with Crippen LogP contribution in [0, 0.1) is 23.7 Å². The molecule has 0 saturated heterocycles. The smallest absolute Gasteiger partial charge is 0.248 e. The molecule has 0 aliphatic heterocycles. The summed E-state index contributed by atoms with van der Waals surface area (Å²) in [5, 5.41) is 24.0. The van der Waals surface area contributed by atoms with Crippen molar-refractivity contribution in [2.75, 3.05) is 6.54 Å². The average Bonchev–Trinajstić information content (AvgIpc) is 3.33. The maximum atomic E-state index is 13.4. The number of nitrogens with zero attached hydrogens (tertiary/aromatic N) is 4. The predicted molar refractivity (Wildman–Crippen MR) is 136 cm³/mol. The number of hydroxylamine groups is 1. The summed E-state index contributed by atoms with van der Waals surface area (Å²) >= 11 is 0. The Hall–Kier alpha value is -3.31. The van der Waals surface area contributed by atoms with Gasteiger partial charge in [-0.3, -0.25) is 30.0 Å². The minimum absolute atomic E-state index is 0. The zero-order valence-electron chi connectivity index (χ0n) is 21.0. The van der Waals surface area contributed by atoms with Gasteiger partial charge in [-0.2, -0.15) is 5.21 Å². The molecule has 3 amide bonds. The van der Waals surface area contributed by atoms with Crippen molar-refractivity contribution in [1.29, 1.82) is 0 Å². The summed E-state index contributed by atoms with van der Waals surface area (Å²) in [6.45, 7) is 8.00. The second-order valence-electron chi connectivity index (χ2n) is 9.25. The number of tetrazole rings is 1. The lowest BCUT2D eigenvalue weighted by Gasteiger charge is -2.30. The van der Waals surface area contributed by atoms with Crippen molar-refractivity contribution in [3.63, 3.8) is 0 Å². The van der Waals surface area contributed by atoms with Crippen molar-refractivity contribution in [3.8, 4) is 0 Å². The van der Waals surface area contributed by atoms with E-state index in [9.17, 15) is 19.6 Å². The fraction of sp³-hybridized carbons (Fsp3) is 0.500. The van der Waals surface area contributed by atoms with Gasteiger partial charge in [-0.05, 0) is 30.2 Å². The summed E-state index contributed by atoms with van der Waals surface area (Å²) in [5.41, 5.74) is 5.36. The van der Waals surface area contributed by atoms with Crippen molar-refractivity contribution in [1.82, 2.24) is 36.5 Å². The first-order chi connectivity index (χ1) is 16.7. The Morgan fingerprint density at radius 3 is 2.31 bits per heavy atom. The number of nitrogens with one attached hydrogen (secondary N) is 3. The lowest BCUT2D eigenvalue weighted by Crippen LogP contribution is -2.52. The summed E-state index contributed by atoms with van der Waals surface area (Å²) < 4.78 is 0. The molecule has 0 fully saturated rings. The van der Waals surface area contributed by atoms with Crippen LogP contribution in [0.3, 0.4) is 0 Å². The third kappa shape index (κ3) is 10.1. The van der Waals surface area contributed by atoms with E-state index in [0.717, 1.165) is 5.56 Å². The van der Waals surface area contributed by atoms with Crippen LogP contribution in [0.25, 0.3) is 6.08 Å². The monoisotopic (exact) mass is 521 g/mol. The van der Waals surface area contributed by atoms with Crippen LogP contribution in [-0.4, -0.2) is 55.1 Å². The third-order valence-corrected chi connectivity index (χ3v) is 5.29. The molecule has 1 aromatic heterocycles. The highest BCUT2D eigenvalue weighted by Crippen LogP contribution is 2.25. The molecule has 198 valence electrons. The number of allylic oxidation sites excluding steroid dienone is 1. The first kappa shape index (κ1) is 30.7. The number of H-pyrrole nitrogens is 1. The molecule has 0 aliphatic rings. The molecule has 36 heavy (non-hydrogen) atoms. The maximum absolute atomic E-state index is 13.4. The Kier molecular flexibility index (Phi) is 13.3. The maximum Gasteiger partial charge on any atom is 0.248 e. The number of halogens is 1. The molecule has 11 nitrogen and oxygen atoms in total. The van der Waals surface area contributed by atoms with Crippen molar-refractivity contribution in [2.24, 2.45) is 23.7 Å². The van der Waals surface area contributed by atoms with Crippen molar-refractivity contribution in [3.05, 3.63) is 47.8 Å². The molecule has 2 rings (SSSR count). The summed E-state index contributed by atoms with van der Waals surface area (Å²) in [6.07, 6.45) is 4.15. The number of aromatic nitrogens is 4. The molecule has 0 bridgehead atoms. The molecule has 0 spiro atoms. The fourth-order valence-corrected chi connectivity index (χ4v) is 3.69. The number of carbonyl (C=O) groups is 3. The van der Waals surface area contributed by atoms with Crippen LogP contribution in [0.5, 0.6) is 0 Å². The molecule has 12 heteroatoms. The normalized spacial score (nSPS) is 12.8. The predicted octanol–water partition coefficient (Wildman–Crippen LogP) is 2.57. The number of carbonyl (C=O) groups excluding carboxylic acids is 3. The summed E-state index contributed by atoms with van der Waals surface area (Å²) in [6, 6.07) is 9.57. The number of amides is 3. The first-order valence-corrected chi connectivity index (χ1v) is 11.7. The molecule has 0 aliphatic carbocycles. The Bertz CT molecular complexity index is 968. The number of benzene rings is 1. The standard InChI is InChI=1S/C24H35N7O4.ClH/c1-16(2)13-20(19(24(34)28-35)12-8-11-18-9-6-5-7-10-18)23(33)27-31(15-17(3)4)22(32)14-21-25-29-30-26-21;/h5-11,16-17,19-20,35H,12-15H2,1-4H3,(H,27,33)(H,28,34)(H,25,26,29,30);1H/b11-8+;/t19-,20+;/m0./s1. The molecular formula is C24H36ClN7O4. The SMILES string of the molecule is CC(C)C[C@@H](C(=O)NN(CC(C)C)C(=O)Cc1nn[nH]n1)[C@H](C/C=C/c1ccccc1)C(=O)NO.Cl. The van der Waals surface area contributed by atoms with Gasteiger partial charge >= 0.3 is 0 Å². The highest BCUT2D eigenvalue weighted by atomic mass is 35.5. The molecular weight excluding hydrogens is 486 g/mol. The Morgan fingerprint density at radius 2 is 1.75 bits per heavy atom. The third-order valence-electron chi connectivity index (χ3n) is 5.29. The van der Waals surface area contributed by atoms with Crippen LogP contribution in [0.15, 0.2) is 36.4 Å². The number of rotatable bonds is 12. The van der Waals surface area contributed by atoms with E-state index >= 15 is 0 Å². The second kappa shape index (κ2) is 15.6. The van der Waals surface area contributed by atoms with E-state index in [0.29, 0.717) is 6.42 Å².